The van der Waals surface area contributed by atoms with Crippen molar-refractivity contribution in [2.45, 2.75) is 25.4 Å². The fraction of sp³-hybridized carbons (Fsp3) is 0.286. The normalized spacial score (nSPS) is 14.9. The van der Waals surface area contributed by atoms with Gasteiger partial charge in [0.15, 0.2) is 0 Å². The molecule has 0 aromatic heterocycles. The van der Waals surface area contributed by atoms with E-state index >= 15 is 0 Å². The van der Waals surface area contributed by atoms with E-state index in [-0.39, 0.29) is 6.04 Å². The molecule has 6 heteroatoms. The predicted octanol–water partition coefficient (Wildman–Crippen LogP) is 2.28. The Morgan fingerprint density at radius 1 is 1.00 bits per heavy atom. The number of hydrogen-bond donors (Lipinski definition) is 2. The van der Waals surface area contributed by atoms with Gasteiger partial charge >= 0.3 is 11.8 Å². The van der Waals surface area contributed by atoms with Crippen LogP contribution in [0.15, 0.2) is 54.6 Å². The van der Waals surface area contributed by atoms with Gasteiger partial charge in [-0.15, -0.1) is 0 Å². The Morgan fingerprint density at radius 2 is 1.67 bits per heavy atom. The van der Waals surface area contributed by atoms with Crippen LogP contribution in [0.3, 0.4) is 0 Å². The van der Waals surface area contributed by atoms with Gasteiger partial charge in [0.1, 0.15) is 6.07 Å². The van der Waals surface area contributed by atoms with Crippen molar-refractivity contribution in [3.05, 3.63) is 65.7 Å². The van der Waals surface area contributed by atoms with Crippen LogP contribution in [0.2, 0.25) is 0 Å². The summed E-state index contributed by atoms with van der Waals surface area (Å²) in [5.41, 5.74) is 1.95. The second-order valence-corrected chi connectivity index (χ2v) is 6.62. The van der Waals surface area contributed by atoms with Crippen molar-refractivity contribution >= 4 is 17.5 Å². The monoisotopic (exact) mass is 362 g/mol. The predicted molar refractivity (Wildman–Crippen MR) is 103 cm³/mol. The molecular formula is C21H22N4O2. The number of amides is 2. The van der Waals surface area contributed by atoms with Gasteiger partial charge in [-0.05, 0) is 30.5 Å². The van der Waals surface area contributed by atoms with E-state index < -0.39 is 11.8 Å². The lowest BCUT2D eigenvalue weighted by Gasteiger charge is -2.32. The molecule has 0 bridgehead atoms. The van der Waals surface area contributed by atoms with Gasteiger partial charge in [0.05, 0.1) is 11.3 Å². The lowest BCUT2D eigenvalue weighted by molar-refractivity contribution is -0.136. The molecule has 27 heavy (non-hydrogen) atoms. The Kier molecular flexibility index (Phi) is 6.18. The van der Waals surface area contributed by atoms with Gasteiger partial charge in [0.2, 0.25) is 0 Å². The molecule has 0 atom stereocenters. The SMILES string of the molecule is N#Cc1ccccc1NC(=O)C(=O)NC1CCN(Cc2ccccc2)CC1. The van der Waals surface area contributed by atoms with Crippen LogP contribution in [0, 0.1) is 11.3 Å². The maximum atomic E-state index is 12.2. The zero-order chi connectivity index (χ0) is 19.1. The van der Waals surface area contributed by atoms with Crippen molar-refractivity contribution in [2.24, 2.45) is 0 Å². The first kappa shape index (κ1) is 18.6. The number of piperidine rings is 1. The van der Waals surface area contributed by atoms with Crippen molar-refractivity contribution in [1.82, 2.24) is 10.2 Å². The third-order valence-electron chi connectivity index (χ3n) is 4.67. The molecule has 3 rings (SSSR count). The molecular weight excluding hydrogens is 340 g/mol. The standard InChI is InChI=1S/C21H22N4O2/c22-14-17-8-4-5-9-19(17)24-21(27)20(26)23-18-10-12-25(13-11-18)15-16-6-2-1-3-7-16/h1-9,18H,10-13,15H2,(H,23,26)(H,24,27). The van der Waals surface area contributed by atoms with Gasteiger partial charge in [-0.1, -0.05) is 42.5 Å². The third kappa shape index (κ3) is 5.16. The summed E-state index contributed by atoms with van der Waals surface area (Å²) in [5, 5.41) is 14.4. The summed E-state index contributed by atoms with van der Waals surface area (Å²) < 4.78 is 0. The summed E-state index contributed by atoms with van der Waals surface area (Å²) in [6.07, 6.45) is 1.61. The molecule has 0 radical (unpaired) electrons. The average molecular weight is 362 g/mol. The molecule has 0 aliphatic carbocycles. The van der Waals surface area contributed by atoms with Gasteiger partial charge in [0, 0.05) is 25.7 Å². The minimum absolute atomic E-state index is 0.0125. The summed E-state index contributed by atoms with van der Waals surface area (Å²) in [4.78, 5) is 26.6. The number of rotatable bonds is 4. The van der Waals surface area contributed by atoms with Crippen LogP contribution in [-0.4, -0.2) is 35.8 Å². The number of benzene rings is 2. The highest BCUT2D eigenvalue weighted by atomic mass is 16.2. The number of nitrogens with one attached hydrogen (secondary N) is 2. The summed E-state index contributed by atoms with van der Waals surface area (Å²) in [6.45, 7) is 2.64. The summed E-state index contributed by atoms with van der Waals surface area (Å²) in [6, 6.07) is 18.9. The molecule has 138 valence electrons. The topological polar surface area (TPSA) is 85.2 Å². The molecule has 2 aromatic rings. The smallest absolute Gasteiger partial charge is 0.313 e. The first-order valence-electron chi connectivity index (χ1n) is 9.03. The highest BCUT2D eigenvalue weighted by Gasteiger charge is 2.23. The Bertz CT molecular complexity index is 837. The number of anilines is 1. The fourth-order valence-corrected chi connectivity index (χ4v) is 3.20. The van der Waals surface area contributed by atoms with Crippen LogP contribution in [0.1, 0.15) is 24.0 Å². The Labute approximate surface area is 158 Å². The van der Waals surface area contributed by atoms with Crippen LogP contribution in [0.25, 0.3) is 0 Å². The van der Waals surface area contributed by atoms with Gasteiger partial charge in [-0.25, -0.2) is 0 Å². The van der Waals surface area contributed by atoms with Crippen molar-refractivity contribution in [3.8, 4) is 6.07 Å². The summed E-state index contributed by atoms with van der Waals surface area (Å²) in [7, 11) is 0. The van der Waals surface area contributed by atoms with Gasteiger partial charge in [-0.3, -0.25) is 14.5 Å². The van der Waals surface area contributed by atoms with Crippen LogP contribution in [0.4, 0.5) is 5.69 Å². The van der Waals surface area contributed by atoms with Gasteiger partial charge in [0.25, 0.3) is 0 Å². The van der Waals surface area contributed by atoms with Crippen LogP contribution in [0.5, 0.6) is 0 Å². The van der Waals surface area contributed by atoms with Crippen LogP contribution >= 0.6 is 0 Å². The minimum atomic E-state index is -0.746. The molecule has 2 amide bonds. The quantitative estimate of drug-likeness (QED) is 0.817. The van der Waals surface area contributed by atoms with E-state index in [0.717, 1.165) is 32.5 Å². The molecule has 1 heterocycles. The Hall–Kier alpha value is -3.17. The van der Waals surface area contributed by atoms with Crippen molar-refractivity contribution in [2.75, 3.05) is 18.4 Å². The molecule has 2 aromatic carbocycles. The number of para-hydroxylation sites is 1. The molecule has 0 spiro atoms. The fourth-order valence-electron chi connectivity index (χ4n) is 3.20. The first-order valence-corrected chi connectivity index (χ1v) is 9.03. The second kappa shape index (κ2) is 8.97. The minimum Gasteiger partial charge on any atom is -0.345 e. The van der Waals surface area contributed by atoms with Crippen LogP contribution in [-0.2, 0) is 16.1 Å². The maximum Gasteiger partial charge on any atom is 0.313 e. The number of carbonyl (C=O) groups is 2. The largest absolute Gasteiger partial charge is 0.345 e. The number of hydrogen-bond acceptors (Lipinski definition) is 4. The molecule has 1 fully saturated rings. The van der Waals surface area contributed by atoms with Crippen LogP contribution < -0.4 is 10.6 Å². The third-order valence-corrected chi connectivity index (χ3v) is 4.67. The molecule has 1 saturated heterocycles. The van der Waals surface area contributed by atoms with Crippen molar-refractivity contribution < 1.29 is 9.59 Å². The average Bonchev–Trinajstić information content (AvgIpc) is 2.70. The Balaban J connectivity index is 1.46. The second-order valence-electron chi connectivity index (χ2n) is 6.62. The van der Waals surface area contributed by atoms with E-state index in [0.29, 0.717) is 11.3 Å². The van der Waals surface area contributed by atoms with Gasteiger partial charge in [-0.2, -0.15) is 5.26 Å². The maximum absolute atomic E-state index is 12.2. The zero-order valence-electron chi connectivity index (χ0n) is 15.0. The van der Waals surface area contributed by atoms with E-state index in [1.165, 1.54) is 5.56 Å². The van der Waals surface area contributed by atoms with E-state index in [9.17, 15) is 9.59 Å². The summed E-state index contributed by atoms with van der Waals surface area (Å²) in [5.74, 6) is -1.41. The lowest BCUT2D eigenvalue weighted by atomic mass is 10.0. The molecule has 0 saturated carbocycles. The zero-order valence-corrected chi connectivity index (χ0v) is 15.0. The van der Waals surface area contributed by atoms with E-state index in [1.54, 1.807) is 24.3 Å². The highest BCUT2D eigenvalue weighted by molar-refractivity contribution is 6.39. The number of likely N-dealkylation sites (tertiary alicyclic amines) is 1. The molecule has 2 N–H and O–H groups in total. The lowest BCUT2D eigenvalue weighted by Crippen LogP contribution is -2.47. The van der Waals surface area contributed by atoms with Crippen molar-refractivity contribution in [3.63, 3.8) is 0 Å². The summed E-state index contributed by atoms with van der Waals surface area (Å²) >= 11 is 0. The van der Waals surface area contributed by atoms with Gasteiger partial charge < -0.3 is 10.6 Å². The number of nitrogens with zero attached hydrogens (tertiary/aromatic N) is 2. The van der Waals surface area contributed by atoms with Crippen molar-refractivity contribution in [1.29, 1.82) is 5.26 Å². The van der Waals surface area contributed by atoms with E-state index in [1.807, 2.05) is 24.3 Å². The molecule has 1 aliphatic heterocycles. The Morgan fingerprint density at radius 3 is 2.37 bits per heavy atom. The highest BCUT2D eigenvalue weighted by Crippen LogP contribution is 2.15. The molecule has 0 unspecified atom stereocenters. The first-order chi connectivity index (χ1) is 13.2. The van der Waals surface area contributed by atoms with E-state index in [2.05, 4.69) is 27.7 Å². The number of nitriles is 1. The molecule has 1 aliphatic rings. The van der Waals surface area contributed by atoms with E-state index in [4.69, 9.17) is 5.26 Å². The number of carbonyl (C=O) groups excluding carboxylic acids is 2. The molecule has 6 nitrogen and oxygen atoms in total.